The molecule has 2 N–H and O–H groups in total. The van der Waals surface area contributed by atoms with Crippen molar-refractivity contribution in [2.45, 2.75) is 6.54 Å². The second-order valence-electron chi connectivity index (χ2n) is 6.67. The third kappa shape index (κ3) is 5.16. The van der Waals surface area contributed by atoms with Gasteiger partial charge in [0.1, 0.15) is 5.75 Å². The molecule has 3 rings (SSSR count). The number of aliphatic hydroxyl groups is 1. The molecule has 0 saturated carbocycles. The summed E-state index contributed by atoms with van der Waals surface area (Å²) in [6, 6.07) is 24.0. The van der Waals surface area contributed by atoms with Crippen molar-refractivity contribution in [3.63, 3.8) is 0 Å². The van der Waals surface area contributed by atoms with Gasteiger partial charge in [0.2, 0.25) is 0 Å². The van der Waals surface area contributed by atoms with Crippen LogP contribution in [-0.2, 0) is 6.54 Å². The van der Waals surface area contributed by atoms with Crippen molar-refractivity contribution in [1.29, 1.82) is 5.26 Å². The third-order valence-electron chi connectivity index (χ3n) is 4.64. The number of methoxy groups -OCH3 is 1. The van der Waals surface area contributed by atoms with Crippen LogP contribution in [0, 0.1) is 11.3 Å². The quantitative estimate of drug-likeness (QED) is 0.619. The Morgan fingerprint density at radius 3 is 2.67 bits per heavy atom. The van der Waals surface area contributed by atoms with Crippen LogP contribution in [0.25, 0.3) is 11.1 Å². The van der Waals surface area contributed by atoms with Crippen LogP contribution in [0.15, 0.2) is 72.8 Å². The van der Waals surface area contributed by atoms with Crippen molar-refractivity contribution in [1.82, 2.24) is 4.90 Å². The number of amides is 2. The van der Waals surface area contributed by atoms with Crippen molar-refractivity contribution in [2.75, 3.05) is 25.6 Å². The van der Waals surface area contributed by atoms with Gasteiger partial charge in [0.15, 0.2) is 0 Å². The van der Waals surface area contributed by atoms with Crippen LogP contribution >= 0.6 is 0 Å². The lowest BCUT2D eigenvalue weighted by atomic mass is 10.00. The molecule has 30 heavy (non-hydrogen) atoms. The summed E-state index contributed by atoms with van der Waals surface area (Å²) in [6.45, 7) is 0.382. The molecule has 0 saturated heterocycles. The first kappa shape index (κ1) is 20.9. The van der Waals surface area contributed by atoms with Gasteiger partial charge in [-0.2, -0.15) is 5.26 Å². The highest BCUT2D eigenvalue weighted by Gasteiger charge is 2.15. The summed E-state index contributed by atoms with van der Waals surface area (Å²) in [4.78, 5) is 14.4. The Labute approximate surface area is 176 Å². The molecule has 2 amide bonds. The Balaban J connectivity index is 1.78. The Kier molecular flexibility index (Phi) is 7.04. The normalized spacial score (nSPS) is 10.2. The molecule has 6 heteroatoms. The molecule has 0 bridgehead atoms. The fourth-order valence-corrected chi connectivity index (χ4v) is 3.16. The van der Waals surface area contributed by atoms with Gasteiger partial charge in [-0.05, 0) is 47.0 Å². The number of nitrogens with zero attached hydrogens (tertiary/aromatic N) is 2. The number of ether oxygens (including phenoxy) is 1. The minimum absolute atomic E-state index is 0.146. The lowest BCUT2D eigenvalue weighted by Gasteiger charge is -2.23. The van der Waals surface area contributed by atoms with Crippen LogP contribution in [0.2, 0.25) is 0 Å². The van der Waals surface area contributed by atoms with E-state index >= 15 is 0 Å². The number of nitrogens with one attached hydrogen (secondary N) is 1. The van der Waals surface area contributed by atoms with Crippen molar-refractivity contribution >= 4 is 11.7 Å². The Morgan fingerprint density at radius 1 is 1.10 bits per heavy atom. The van der Waals surface area contributed by atoms with Crippen molar-refractivity contribution < 1.29 is 14.6 Å². The molecule has 0 aliphatic rings. The fourth-order valence-electron chi connectivity index (χ4n) is 3.16. The first-order chi connectivity index (χ1) is 14.6. The largest absolute Gasteiger partial charge is 0.497 e. The molecular formula is C24H23N3O3. The highest BCUT2D eigenvalue weighted by molar-refractivity contribution is 5.90. The van der Waals surface area contributed by atoms with Crippen LogP contribution in [0.5, 0.6) is 5.75 Å². The number of nitriles is 1. The summed E-state index contributed by atoms with van der Waals surface area (Å²) < 4.78 is 5.24. The van der Waals surface area contributed by atoms with Crippen LogP contribution < -0.4 is 10.1 Å². The molecule has 0 atom stereocenters. The number of hydrogen-bond acceptors (Lipinski definition) is 4. The first-order valence-corrected chi connectivity index (χ1v) is 9.54. The molecule has 3 aromatic carbocycles. The Hall–Kier alpha value is -3.82. The third-order valence-corrected chi connectivity index (χ3v) is 4.64. The maximum Gasteiger partial charge on any atom is 0.322 e. The lowest BCUT2D eigenvalue weighted by Crippen LogP contribution is -2.36. The SMILES string of the molecule is COc1cccc(CN(CCO)C(=O)Nc2cccc(-c3ccccc3C#N)c2)c1. The molecule has 6 nitrogen and oxygen atoms in total. The monoisotopic (exact) mass is 401 g/mol. The van der Waals surface area contributed by atoms with Gasteiger partial charge in [-0.15, -0.1) is 0 Å². The van der Waals surface area contributed by atoms with Gasteiger partial charge in [0, 0.05) is 18.8 Å². The van der Waals surface area contributed by atoms with E-state index in [1.165, 1.54) is 4.90 Å². The number of carbonyl (C=O) groups excluding carboxylic acids is 1. The average Bonchev–Trinajstić information content (AvgIpc) is 2.79. The van der Waals surface area contributed by atoms with Crippen LogP contribution in [0.3, 0.4) is 0 Å². The predicted octanol–water partition coefficient (Wildman–Crippen LogP) is 4.26. The van der Waals surface area contributed by atoms with Crippen LogP contribution in [-0.4, -0.2) is 36.3 Å². The van der Waals surface area contributed by atoms with E-state index in [2.05, 4.69) is 11.4 Å². The molecule has 3 aromatic rings. The number of urea groups is 1. The van der Waals surface area contributed by atoms with Crippen LogP contribution in [0.1, 0.15) is 11.1 Å². The summed E-state index contributed by atoms with van der Waals surface area (Å²) in [5.41, 5.74) is 3.72. The molecule has 152 valence electrons. The van der Waals surface area contributed by atoms with Crippen molar-refractivity contribution in [2.24, 2.45) is 0 Å². The van der Waals surface area contributed by atoms with E-state index < -0.39 is 0 Å². The minimum Gasteiger partial charge on any atom is -0.497 e. The van der Waals surface area contributed by atoms with Gasteiger partial charge >= 0.3 is 6.03 Å². The van der Waals surface area contributed by atoms with Crippen LogP contribution in [0.4, 0.5) is 10.5 Å². The van der Waals surface area contributed by atoms with Crippen molar-refractivity contribution in [3.8, 4) is 22.9 Å². The van der Waals surface area contributed by atoms with Gasteiger partial charge in [-0.1, -0.05) is 42.5 Å². The number of hydrogen-bond donors (Lipinski definition) is 2. The zero-order valence-corrected chi connectivity index (χ0v) is 16.7. The molecular weight excluding hydrogens is 378 g/mol. The summed E-state index contributed by atoms with van der Waals surface area (Å²) in [5.74, 6) is 0.709. The fraction of sp³-hybridized carbons (Fsp3) is 0.167. The van der Waals surface area contributed by atoms with E-state index in [4.69, 9.17) is 4.74 Å². The highest BCUT2D eigenvalue weighted by atomic mass is 16.5. The Bertz CT molecular complexity index is 1060. The molecule has 0 aliphatic carbocycles. The van der Waals surface area contributed by atoms with E-state index in [-0.39, 0.29) is 19.2 Å². The van der Waals surface area contributed by atoms with Gasteiger partial charge in [0.05, 0.1) is 25.3 Å². The second-order valence-corrected chi connectivity index (χ2v) is 6.67. The van der Waals surface area contributed by atoms with E-state index in [1.807, 2.05) is 60.7 Å². The maximum atomic E-state index is 12.9. The number of benzene rings is 3. The predicted molar refractivity (Wildman–Crippen MR) is 116 cm³/mol. The molecule has 0 heterocycles. The number of rotatable bonds is 7. The smallest absolute Gasteiger partial charge is 0.322 e. The first-order valence-electron chi connectivity index (χ1n) is 9.54. The summed E-state index contributed by atoms with van der Waals surface area (Å²) in [6.07, 6.45) is 0. The van der Waals surface area contributed by atoms with Crippen molar-refractivity contribution in [3.05, 3.63) is 83.9 Å². The maximum absolute atomic E-state index is 12.9. The topological polar surface area (TPSA) is 85.6 Å². The molecule has 0 aromatic heterocycles. The van der Waals surface area contributed by atoms with Gasteiger partial charge in [-0.25, -0.2) is 4.79 Å². The van der Waals surface area contributed by atoms with E-state index in [0.717, 1.165) is 16.7 Å². The minimum atomic E-state index is -0.322. The van der Waals surface area contributed by atoms with E-state index in [0.29, 0.717) is 23.5 Å². The molecule has 0 radical (unpaired) electrons. The molecule has 0 unspecified atom stereocenters. The number of carbonyl (C=O) groups is 1. The van der Waals surface area contributed by atoms with E-state index in [9.17, 15) is 15.2 Å². The zero-order chi connectivity index (χ0) is 21.3. The van der Waals surface area contributed by atoms with E-state index in [1.54, 1.807) is 19.2 Å². The molecule has 0 aliphatic heterocycles. The molecule has 0 fully saturated rings. The Morgan fingerprint density at radius 2 is 1.90 bits per heavy atom. The zero-order valence-electron chi connectivity index (χ0n) is 16.7. The van der Waals surface area contributed by atoms with Gasteiger partial charge < -0.3 is 20.1 Å². The van der Waals surface area contributed by atoms with Gasteiger partial charge in [-0.3, -0.25) is 0 Å². The van der Waals surface area contributed by atoms with Gasteiger partial charge in [0.25, 0.3) is 0 Å². The molecule has 0 spiro atoms. The standard InChI is InChI=1S/C24H23N3O3/c1-30-22-10-4-6-18(14-22)17-27(12-13-28)24(29)26-21-9-5-8-19(15-21)23-11-3-2-7-20(23)16-25/h2-11,14-15,28H,12-13,17H2,1H3,(H,26,29). The number of aliphatic hydroxyl groups excluding tert-OH is 1. The summed E-state index contributed by atoms with van der Waals surface area (Å²) in [5, 5.41) is 21.6. The highest BCUT2D eigenvalue weighted by Crippen LogP contribution is 2.26. The second kappa shape index (κ2) is 10.1. The summed E-state index contributed by atoms with van der Waals surface area (Å²) >= 11 is 0. The number of anilines is 1. The summed E-state index contributed by atoms with van der Waals surface area (Å²) in [7, 11) is 1.59. The average molecular weight is 401 g/mol. The lowest BCUT2D eigenvalue weighted by molar-refractivity contribution is 0.185.